The van der Waals surface area contributed by atoms with E-state index in [0.717, 1.165) is 5.56 Å². The van der Waals surface area contributed by atoms with Crippen molar-refractivity contribution in [2.24, 2.45) is 0 Å². The molecular formula is C13H15NO2. The van der Waals surface area contributed by atoms with Crippen LogP contribution >= 0.6 is 0 Å². The van der Waals surface area contributed by atoms with E-state index >= 15 is 0 Å². The normalized spacial score (nSPS) is 20.2. The van der Waals surface area contributed by atoms with Crippen LogP contribution in [0, 0.1) is 6.92 Å². The highest BCUT2D eigenvalue weighted by atomic mass is 16.2. The third-order valence-corrected chi connectivity index (χ3v) is 3.13. The number of rotatable bonds is 2. The van der Waals surface area contributed by atoms with Crippen LogP contribution < -0.4 is 0 Å². The van der Waals surface area contributed by atoms with E-state index in [-0.39, 0.29) is 17.7 Å². The zero-order chi connectivity index (χ0) is 11.7. The molecule has 16 heavy (non-hydrogen) atoms. The van der Waals surface area contributed by atoms with Gasteiger partial charge in [-0.05, 0) is 13.3 Å². The summed E-state index contributed by atoms with van der Waals surface area (Å²) in [5.74, 6) is 0.110. The Kier molecular flexibility index (Phi) is 2.77. The van der Waals surface area contributed by atoms with Gasteiger partial charge >= 0.3 is 0 Å². The van der Waals surface area contributed by atoms with Crippen LogP contribution in [-0.4, -0.2) is 29.7 Å². The average molecular weight is 217 g/mol. The number of carbonyl (C=O) groups excluding carboxylic acids is 2. The summed E-state index contributed by atoms with van der Waals surface area (Å²) in [4.78, 5) is 25.0. The minimum atomic E-state index is -0.268. The van der Waals surface area contributed by atoms with Crippen molar-refractivity contribution in [2.45, 2.75) is 25.8 Å². The lowest BCUT2D eigenvalue weighted by molar-refractivity contribution is -0.127. The molecule has 0 saturated carbocycles. The minimum Gasteiger partial charge on any atom is -0.335 e. The molecule has 1 aromatic rings. The van der Waals surface area contributed by atoms with Gasteiger partial charge in [-0.1, -0.05) is 29.8 Å². The molecule has 1 heterocycles. The van der Waals surface area contributed by atoms with E-state index in [1.165, 1.54) is 0 Å². The lowest BCUT2D eigenvalue weighted by Gasteiger charge is -2.18. The van der Waals surface area contributed by atoms with Gasteiger partial charge in [0.2, 0.25) is 5.91 Å². The molecule has 0 N–H and O–H groups in total. The van der Waals surface area contributed by atoms with Crippen molar-refractivity contribution in [2.75, 3.05) is 7.05 Å². The summed E-state index contributed by atoms with van der Waals surface area (Å²) in [5, 5.41) is 0. The van der Waals surface area contributed by atoms with Crippen LogP contribution in [0.4, 0.5) is 0 Å². The van der Waals surface area contributed by atoms with Gasteiger partial charge in [0.1, 0.15) is 0 Å². The van der Waals surface area contributed by atoms with E-state index in [1.807, 2.05) is 31.2 Å². The molecule has 1 unspecified atom stereocenters. The van der Waals surface area contributed by atoms with Crippen LogP contribution in [0.25, 0.3) is 0 Å². The first kappa shape index (κ1) is 10.9. The topological polar surface area (TPSA) is 37.4 Å². The van der Waals surface area contributed by atoms with E-state index < -0.39 is 0 Å². The van der Waals surface area contributed by atoms with Gasteiger partial charge in [0.15, 0.2) is 5.78 Å². The second kappa shape index (κ2) is 4.08. The lowest BCUT2D eigenvalue weighted by atomic mass is 10.0. The summed E-state index contributed by atoms with van der Waals surface area (Å²) < 4.78 is 0. The lowest BCUT2D eigenvalue weighted by Crippen LogP contribution is -2.35. The van der Waals surface area contributed by atoms with Crippen LogP contribution in [0.1, 0.15) is 28.8 Å². The number of carbonyl (C=O) groups is 2. The Morgan fingerprint density at radius 3 is 2.44 bits per heavy atom. The molecule has 1 fully saturated rings. The molecule has 1 aromatic carbocycles. The molecule has 2 rings (SSSR count). The van der Waals surface area contributed by atoms with Crippen LogP contribution in [0.5, 0.6) is 0 Å². The molecule has 0 radical (unpaired) electrons. The Balaban J connectivity index is 2.19. The van der Waals surface area contributed by atoms with Gasteiger partial charge in [0.05, 0.1) is 6.04 Å². The smallest absolute Gasteiger partial charge is 0.223 e. The third-order valence-electron chi connectivity index (χ3n) is 3.13. The number of nitrogens with zero attached hydrogens (tertiary/aromatic N) is 1. The maximum atomic E-state index is 12.1. The molecule has 0 bridgehead atoms. The first-order chi connectivity index (χ1) is 7.59. The van der Waals surface area contributed by atoms with Crippen molar-refractivity contribution in [1.82, 2.24) is 4.90 Å². The van der Waals surface area contributed by atoms with E-state index in [1.54, 1.807) is 11.9 Å². The molecule has 0 aromatic heterocycles. The van der Waals surface area contributed by atoms with E-state index in [2.05, 4.69) is 0 Å². The number of benzene rings is 1. The second-order valence-corrected chi connectivity index (χ2v) is 4.29. The monoisotopic (exact) mass is 217 g/mol. The Bertz CT molecular complexity index is 422. The summed E-state index contributed by atoms with van der Waals surface area (Å²) >= 11 is 0. The van der Waals surface area contributed by atoms with Crippen molar-refractivity contribution in [3.8, 4) is 0 Å². The number of hydrogen-bond acceptors (Lipinski definition) is 2. The van der Waals surface area contributed by atoms with Crippen molar-refractivity contribution < 1.29 is 9.59 Å². The zero-order valence-electron chi connectivity index (χ0n) is 9.56. The SMILES string of the molecule is Cc1ccc(C(=O)C2CCC(=O)N2C)cc1. The number of likely N-dealkylation sites (tertiary alicyclic amines) is 1. The van der Waals surface area contributed by atoms with Crippen molar-refractivity contribution in [3.05, 3.63) is 35.4 Å². The fourth-order valence-corrected chi connectivity index (χ4v) is 2.02. The van der Waals surface area contributed by atoms with Crippen LogP contribution in [0.3, 0.4) is 0 Å². The quantitative estimate of drug-likeness (QED) is 0.708. The molecule has 1 atom stereocenters. The van der Waals surface area contributed by atoms with Gasteiger partial charge in [0, 0.05) is 19.0 Å². The zero-order valence-corrected chi connectivity index (χ0v) is 9.56. The number of ketones is 1. The summed E-state index contributed by atoms with van der Waals surface area (Å²) in [6.45, 7) is 1.99. The van der Waals surface area contributed by atoms with Gasteiger partial charge in [-0.3, -0.25) is 9.59 Å². The molecule has 84 valence electrons. The molecule has 1 amide bonds. The highest BCUT2D eigenvalue weighted by Crippen LogP contribution is 2.20. The number of aryl methyl sites for hydroxylation is 1. The highest BCUT2D eigenvalue weighted by Gasteiger charge is 2.33. The van der Waals surface area contributed by atoms with Crippen LogP contribution in [0.15, 0.2) is 24.3 Å². The molecule has 0 spiro atoms. The maximum absolute atomic E-state index is 12.1. The van der Waals surface area contributed by atoms with E-state index in [0.29, 0.717) is 18.4 Å². The van der Waals surface area contributed by atoms with Crippen LogP contribution in [-0.2, 0) is 4.79 Å². The van der Waals surface area contributed by atoms with Crippen molar-refractivity contribution >= 4 is 11.7 Å². The number of likely N-dealkylation sites (N-methyl/N-ethyl adjacent to an activating group) is 1. The summed E-state index contributed by atoms with van der Waals surface area (Å²) in [5.41, 5.74) is 1.82. The first-order valence-corrected chi connectivity index (χ1v) is 5.46. The van der Waals surface area contributed by atoms with E-state index in [4.69, 9.17) is 0 Å². The molecule has 1 saturated heterocycles. The molecule has 0 aliphatic carbocycles. The van der Waals surface area contributed by atoms with Gasteiger partial charge in [-0.2, -0.15) is 0 Å². The summed E-state index contributed by atoms with van der Waals surface area (Å²) in [7, 11) is 1.70. The predicted octanol–water partition coefficient (Wildman–Crippen LogP) is 1.80. The molecule has 1 aliphatic heterocycles. The van der Waals surface area contributed by atoms with Gasteiger partial charge in [-0.25, -0.2) is 0 Å². The molecular weight excluding hydrogens is 202 g/mol. The predicted molar refractivity (Wildman–Crippen MR) is 61.3 cm³/mol. The third kappa shape index (κ3) is 1.85. The Morgan fingerprint density at radius 1 is 1.31 bits per heavy atom. The van der Waals surface area contributed by atoms with Gasteiger partial charge in [-0.15, -0.1) is 0 Å². The fraction of sp³-hybridized carbons (Fsp3) is 0.385. The minimum absolute atomic E-state index is 0.0494. The first-order valence-electron chi connectivity index (χ1n) is 5.46. The van der Waals surface area contributed by atoms with Crippen molar-refractivity contribution in [1.29, 1.82) is 0 Å². The van der Waals surface area contributed by atoms with Gasteiger partial charge < -0.3 is 4.90 Å². The second-order valence-electron chi connectivity index (χ2n) is 4.29. The largest absolute Gasteiger partial charge is 0.335 e. The van der Waals surface area contributed by atoms with Crippen molar-refractivity contribution in [3.63, 3.8) is 0 Å². The summed E-state index contributed by atoms with van der Waals surface area (Å²) in [6, 6.07) is 7.23. The average Bonchev–Trinajstić information content (AvgIpc) is 2.60. The van der Waals surface area contributed by atoms with Crippen LogP contribution in [0.2, 0.25) is 0 Å². The maximum Gasteiger partial charge on any atom is 0.223 e. The number of hydrogen-bond donors (Lipinski definition) is 0. The highest BCUT2D eigenvalue weighted by molar-refractivity contribution is 6.03. The Morgan fingerprint density at radius 2 is 1.94 bits per heavy atom. The standard InChI is InChI=1S/C13H15NO2/c1-9-3-5-10(6-4-9)13(16)11-7-8-12(15)14(11)2/h3-6,11H,7-8H2,1-2H3. The summed E-state index contributed by atoms with van der Waals surface area (Å²) in [6.07, 6.45) is 1.13. The Labute approximate surface area is 95.1 Å². The number of amides is 1. The molecule has 3 heteroatoms. The van der Waals surface area contributed by atoms with Gasteiger partial charge in [0.25, 0.3) is 0 Å². The number of Topliss-reactive ketones (excluding diaryl/α,β-unsaturated/α-hetero) is 1. The fourth-order valence-electron chi connectivity index (χ4n) is 2.02. The Hall–Kier alpha value is -1.64. The molecule has 3 nitrogen and oxygen atoms in total. The molecule has 1 aliphatic rings. The van der Waals surface area contributed by atoms with E-state index in [9.17, 15) is 9.59 Å².